The van der Waals surface area contributed by atoms with E-state index in [0.717, 1.165) is 33.5 Å². The summed E-state index contributed by atoms with van der Waals surface area (Å²) in [7, 11) is 0. The van der Waals surface area contributed by atoms with Crippen molar-refractivity contribution in [2.75, 3.05) is 16.9 Å². The number of benzene rings is 2. The molecule has 2 N–H and O–H groups in total. The van der Waals surface area contributed by atoms with Crippen molar-refractivity contribution in [2.45, 2.75) is 5.75 Å². The number of hydrogen-bond donors (Lipinski definition) is 2. The summed E-state index contributed by atoms with van der Waals surface area (Å²) in [5.41, 5.74) is 5.46. The number of nitrogens with zero attached hydrogens (tertiary/aromatic N) is 2. The molecule has 4 rings (SSSR count). The number of aromatic nitrogens is 2. The number of hydrogen-bond acceptors (Lipinski definition) is 6. The van der Waals surface area contributed by atoms with Crippen molar-refractivity contribution in [2.24, 2.45) is 0 Å². The number of carbonyl (C=O) groups is 1. The van der Waals surface area contributed by atoms with Crippen LogP contribution in [0.15, 0.2) is 78.4 Å². The zero-order valence-corrected chi connectivity index (χ0v) is 18.0. The SMILES string of the molecule is CSCc1ccc(C(=O)Nc2ccc(Nc3nc(-c4ccncc4)cs3)cc2)cc1. The summed E-state index contributed by atoms with van der Waals surface area (Å²) in [6.07, 6.45) is 5.58. The minimum Gasteiger partial charge on any atom is -0.332 e. The molecule has 0 bridgehead atoms. The smallest absolute Gasteiger partial charge is 0.255 e. The van der Waals surface area contributed by atoms with Gasteiger partial charge in [0, 0.05) is 46.0 Å². The van der Waals surface area contributed by atoms with Crippen LogP contribution in [0.4, 0.5) is 16.5 Å². The number of thioether (sulfide) groups is 1. The van der Waals surface area contributed by atoms with Gasteiger partial charge in [-0.25, -0.2) is 4.98 Å². The van der Waals surface area contributed by atoms with Crippen LogP contribution in [0, 0.1) is 0 Å². The Hall–Kier alpha value is -3.16. The van der Waals surface area contributed by atoms with Crippen molar-refractivity contribution in [1.29, 1.82) is 0 Å². The van der Waals surface area contributed by atoms with E-state index < -0.39 is 0 Å². The number of thiazole rings is 1. The Morgan fingerprint density at radius 2 is 1.67 bits per heavy atom. The molecule has 2 aromatic carbocycles. The van der Waals surface area contributed by atoms with Crippen LogP contribution < -0.4 is 10.6 Å². The van der Waals surface area contributed by atoms with Crippen LogP contribution in [0.25, 0.3) is 11.3 Å². The van der Waals surface area contributed by atoms with E-state index in [1.165, 1.54) is 5.56 Å². The zero-order valence-electron chi connectivity index (χ0n) is 16.3. The van der Waals surface area contributed by atoms with Crippen molar-refractivity contribution >= 4 is 45.5 Å². The van der Waals surface area contributed by atoms with Gasteiger partial charge in [0.2, 0.25) is 0 Å². The molecule has 2 heterocycles. The first-order valence-corrected chi connectivity index (χ1v) is 11.6. The summed E-state index contributed by atoms with van der Waals surface area (Å²) in [6.45, 7) is 0. The number of nitrogens with one attached hydrogen (secondary N) is 2. The first-order chi connectivity index (χ1) is 14.7. The third-order valence-electron chi connectivity index (χ3n) is 4.40. The molecule has 1 amide bonds. The van der Waals surface area contributed by atoms with Gasteiger partial charge in [0.15, 0.2) is 5.13 Å². The summed E-state index contributed by atoms with van der Waals surface area (Å²) < 4.78 is 0. The lowest BCUT2D eigenvalue weighted by Crippen LogP contribution is -2.11. The molecule has 0 aliphatic rings. The summed E-state index contributed by atoms with van der Waals surface area (Å²) in [6, 6.07) is 19.2. The van der Waals surface area contributed by atoms with Gasteiger partial charge in [-0.1, -0.05) is 12.1 Å². The van der Waals surface area contributed by atoms with Crippen LogP contribution in [0.5, 0.6) is 0 Å². The van der Waals surface area contributed by atoms with Crippen molar-refractivity contribution in [3.63, 3.8) is 0 Å². The van der Waals surface area contributed by atoms with Gasteiger partial charge in [-0.2, -0.15) is 11.8 Å². The Morgan fingerprint density at radius 3 is 2.37 bits per heavy atom. The molecule has 0 radical (unpaired) electrons. The fraction of sp³-hybridized carbons (Fsp3) is 0.0870. The Morgan fingerprint density at radius 1 is 0.967 bits per heavy atom. The van der Waals surface area contributed by atoms with Gasteiger partial charge >= 0.3 is 0 Å². The van der Waals surface area contributed by atoms with E-state index in [-0.39, 0.29) is 5.91 Å². The van der Waals surface area contributed by atoms with Crippen LogP contribution in [-0.2, 0) is 5.75 Å². The van der Waals surface area contributed by atoms with E-state index >= 15 is 0 Å². The number of amides is 1. The van der Waals surface area contributed by atoms with E-state index in [2.05, 4.69) is 26.9 Å². The highest BCUT2D eigenvalue weighted by Crippen LogP contribution is 2.27. The second-order valence-corrected chi connectivity index (χ2v) is 8.28. The Labute approximate surface area is 183 Å². The highest BCUT2D eigenvalue weighted by Gasteiger charge is 2.07. The molecule has 4 aromatic rings. The van der Waals surface area contributed by atoms with Crippen LogP contribution in [0.2, 0.25) is 0 Å². The van der Waals surface area contributed by atoms with Crippen molar-refractivity contribution in [1.82, 2.24) is 9.97 Å². The average molecular weight is 433 g/mol. The van der Waals surface area contributed by atoms with Crippen molar-refractivity contribution in [3.8, 4) is 11.3 Å². The highest BCUT2D eigenvalue weighted by molar-refractivity contribution is 7.97. The van der Waals surface area contributed by atoms with Crippen molar-refractivity contribution in [3.05, 3.63) is 89.6 Å². The van der Waals surface area contributed by atoms with E-state index in [1.807, 2.05) is 66.0 Å². The van der Waals surface area contributed by atoms with Gasteiger partial charge in [0.25, 0.3) is 5.91 Å². The second kappa shape index (κ2) is 9.56. The summed E-state index contributed by atoms with van der Waals surface area (Å²) in [5.74, 6) is 0.827. The molecule has 30 heavy (non-hydrogen) atoms. The molecule has 0 fully saturated rings. The number of carbonyl (C=O) groups excluding carboxylic acids is 1. The summed E-state index contributed by atoms with van der Waals surface area (Å²) >= 11 is 3.30. The second-order valence-electron chi connectivity index (χ2n) is 6.56. The first kappa shape index (κ1) is 20.1. The van der Waals surface area contributed by atoms with Gasteiger partial charge in [-0.15, -0.1) is 11.3 Å². The lowest BCUT2D eigenvalue weighted by molar-refractivity contribution is 0.102. The van der Waals surface area contributed by atoms with Crippen LogP contribution in [-0.4, -0.2) is 22.1 Å². The number of pyridine rings is 1. The molecule has 2 aromatic heterocycles. The third-order valence-corrected chi connectivity index (χ3v) is 5.78. The number of rotatable bonds is 7. The zero-order chi connectivity index (χ0) is 20.8. The quantitative estimate of drug-likeness (QED) is 0.371. The third kappa shape index (κ3) is 5.06. The monoisotopic (exact) mass is 432 g/mol. The van der Waals surface area contributed by atoms with Gasteiger partial charge in [0.1, 0.15) is 0 Å². The van der Waals surface area contributed by atoms with Crippen molar-refractivity contribution < 1.29 is 4.79 Å². The minimum absolute atomic E-state index is 0.117. The molecule has 5 nitrogen and oxygen atoms in total. The molecule has 0 saturated heterocycles. The van der Waals surface area contributed by atoms with Crippen LogP contribution in [0.1, 0.15) is 15.9 Å². The Bertz CT molecular complexity index is 1110. The lowest BCUT2D eigenvalue weighted by Gasteiger charge is -2.08. The molecule has 0 atom stereocenters. The normalized spacial score (nSPS) is 10.6. The maximum absolute atomic E-state index is 12.5. The van der Waals surface area contributed by atoms with E-state index in [1.54, 1.807) is 35.5 Å². The maximum atomic E-state index is 12.5. The lowest BCUT2D eigenvalue weighted by atomic mass is 10.1. The largest absolute Gasteiger partial charge is 0.332 e. The van der Waals surface area contributed by atoms with Gasteiger partial charge < -0.3 is 10.6 Å². The predicted octanol–water partition coefficient (Wildman–Crippen LogP) is 6.06. The summed E-state index contributed by atoms with van der Waals surface area (Å²) in [4.78, 5) is 21.1. The number of anilines is 3. The molecular formula is C23H20N4OS2. The van der Waals surface area contributed by atoms with Crippen LogP contribution >= 0.6 is 23.1 Å². The molecular weight excluding hydrogens is 412 g/mol. The summed E-state index contributed by atoms with van der Waals surface area (Å²) in [5, 5.41) is 9.06. The molecule has 0 aliphatic heterocycles. The Balaban J connectivity index is 1.37. The molecule has 0 aliphatic carbocycles. The fourth-order valence-corrected chi connectivity index (χ4v) is 4.13. The van der Waals surface area contributed by atoms with Gasteiger partial charge in [0.05, 0.1) is 5.69 Å². The van der Waals surface area contributed by atoms with E-state index in [0.29, 0.717) is 5.56 Å². The minimum atomic E-state index is -0.117. The van der Waals surface area contributed by atoms with Gasteiger partial charge in [-0.3, -0.25) is 9.78 Å². The van der Waals surface area contributed by atoms with Crippen LogP contribution in [0.3, 0.4) is 0 Å². The predicted molar refractivity (Wildman–Crippen MR) is 127 cm³/mol. The highest BCUT2D eigenvalue weighted by atomic mass is 32.2. The fourth-order valence-electron chi connectivity index (χ4n) is 2.87. The van der Waals surface area contributed by atoms with Gasteiger partial charge in [-0.05, 0) is 60.4 Å². The van der Waals surface area contributed by atoms with E-state index in [4.69, 9.17) is 0 Å². The average Bonchev–Trinajstić information content (AvgIpc) is 3.25. The molecule has 0 unspecified atom stereocenters. The molecule has 150 valence electrons. The topological polar surface area (TPSA) is 66.9 Å². The molecule has 7 heteroatoms. The first-order valence-electron chi connectivity index (χ1n) is 9.33. The standard InChI is InChI=1S/C23H20N4OS2/c1-29-14-16-2-4-18(5-3-16)22(28)25-19-6-8-20(9-7-19)26-23-27-21(15-30-23)17-10-12-24-13-11-17/h2-13,15H,14H2,1H3,(H,25,28)(H,26,27). The van der Waals surface area contributed by atoms with E-state index in [9.17, 15) is 4.79 Å². The Kier molecular flexibility index (Phi) is 6.41. The maximum Gasteiger partial charge on any atom is 0.255 e. The molecule has 0 saturated carbocycles. The molecule has 0 spiro atoms.